The first-order valence-corrected chi connectivity index (χ1v) is 6.55. The molecule has 18 heavy (non-hydrogen) atoms. The van der Waals surface area contributed by atoms with Crippen LogP contribution in [0.25, 0.3) is 10.9 Å². The standard InChI is InChI=1S/C15H18ClNO/c1-10(2)7-12-8-14(16)13-6-4-5-11(9-18-3)15(13)17-12/h4-6,8,10H,7,9H2,1-3H3. The van der Waals surface area contributed by atoms with E-state index in [1.807, 2.05) is 24.3 Å². The van der Waals surface area contributed by atoms with Gasteiger partial charge in [-0.2, -0.15) is 0 Å². The van der Waals surface area contributed by atoms with Gasteiger partial charge in [-0.15, -0.1) is 0 Å². The number of halogens is 1. The van der Waals surface area contributed by atoms with E-state index in [0.717, 1.165) is 33.6 Å². The highest BCUT2D eigenvalue weighted by Gasteiger charge is 2.09. The number of rotatable bonds is 4. The van der Waals surface area contributed by atoms with E-state index in [9.17, 15) is 0 Å². The van der Waals surface area contributed by atoms with Crippen LogP contribution in [0.5, 0.6) is 0 Å². The van der Waals surface area contributed by atoms with Gasteiger partial charge in [-0.25, -0.2) is 0 Å². The van der Waals surface area contributed by atoms with Crippen molar-refractivity contribution in [3.05, 3.63) is 40.5 Å². The van der Waals surface area contributed by atoms with Crippen LogP contribution in [0.15, 0.2) is 24.3 Å². The van der Waals surface area contributed by atoms with E-state index >= 15 is 0 Å². The number of ether oxygens (including phenoxy) is 1. The monoisotopic (exact) mass is 263 g/mol. The van der Waals surface area contributed by atoms with Gasteiger partial charge in [-0.05, 0) is 18.4 Å². The molecule has 1 aromatic carbocycles. The number of hydrogen-bond donors (Lipinski definition) is 0. The molecule has 0 amide bonds. The third-order valence-electron chi connectivity index (χ3n) is 2.84. The van der Waals surface area contributed by atoms with E-state index in [0.29, 0.717) is 12.5 Å². The Morgan fingerprint density at radius 2 is 2.11 bits per heavy atom. The number of para-hydroxylation sites is 1. The largest absolute Gasteiger partial charge is 0.380 e. The summed E-state index contributed by atoms with van der Waals surface area (Å²) >= 11 is 6.34. The molecule has 0 saturated heterocycles. The zero-order chi connectivity index (χ0) is 13.1. The van der Waals surface area contributed by atoms with Gasteiger partial charge in [0.25, 0.3) is 0 Å². The van der Waals surface area contributed by atoms with Crippen LogP contribution in [0.2, 0.25) is 5.02 Å². The Morgan fingerprint density at radius 3 is 2.78 bits per heavy atom. The normalized spacial score (nSPS) is 11.4. The Kier molecular flexibility index (Phi) is 4.20. The summed E-state index contributed by atoms with van der Waals surface area (Å²) in [5.74, 6) is 0.570. The smallest absolute Gasteiger partial charge is 0.0775 e. The molecule has 3 heteroatoms. The number of methoxy groups -OCH3 is 1. The van der Waals surface area contributed by atoms with E-state index < -0.39 is 0 Å². The fraction of sp³-hybridized carbons (Fsp3) is 0.400. The lowest BCUT2D eigenvalue weighted by Gasteiger charge is -2.10. The number of benzene rings is 1. The first-order chi connectivity index (χ1) is 8.61. The number of fused-ring (bicyclic) bond motifs is 1. The topological polar surface area (TPSA) is 22.1 Å². The molecule has 0 aliphatic rings. The molecule has 0 aliphatic carbocycles. The van der Waals surface area contributed by atoms with E-state index in [4.69, 9.17) is 21.3 Å². The van der Waals surface area contributed by atoms with E-state index in [1.165, 1.54) is 0 Å². The molecular weight excluding hydrogens is 246 g/mol. The Labute approximate surface area is 113 Å². The maximum absolute atomic E-state index is 6.34. The highest BCUT2D eigenvalue weighted by Crippen LogP contribution is 2.26. The summed E-state index contributed by atoms with van der Waals surface area (Å²) in [6.45, 7) is 4.92. The van der Waals surface area contributed by atoms with Gasteiger partial charge in [0, 0.05) is 23.8 Å². The number of hydrogen-bond acceptors (Lipinski definition) is 2. The number of nitrogens with zero attached hydrogens (tertiary/aromatic N) is 1. The predicted molar refractivity (Wildman–Crippen MR) is 76.0 cm³/mol. The Hall–Kier alpha value is -1.12. The maximum atomic E-state index is 6.34. The van der Waals surface area contributed by atoms with Crippen LogP contribution in [-0.2, 0) is 17.8 Å². The highest BCUT2D eigenvalue weighted by molar-refractivity contribution is 6.35. The maximum Gasteiger partial charge on any atom is 0.0775 e. The second-order valence-electron chi connectivity index (χ2n) is 4.94. The van der Waals surface area contributed by atoms with Crippen molar-refractivity contribution in [3.63, 3.8) is 0 Å². The third kappa shape index (κ3) is 2.82. The number of pyridine rings is 1. The molecule has 1 heterocycles. The van der Waals surface area contributed by atoms with Crippen molar-refractivity contribution < 1.29 is 4.74 Å². The van der Waals surface area contributed by atoms with E-state index in [-0.39, 0.29) is 0 Å². The van der Waals surface area contributed by atoms with E-state index in [2.05, 4.69) is 13.8 Å². The Morgan fingerprint density at radius 1 is 1.33 bits per heavy atom. The van der Waals surface area contributed by atoms with Crippen LogP contribution in [0, 0.1) is 5.92 Å². The van der Waals surface area contributed by atoms with Crippen molar-refractivity contribution >= 4 is 22.5 Å². The van der Waals surface area contributed by atoms with Crippen molar-refractivity contribution in [1.82, 2.24) is 4.98 Å². The molecule has 0 atom stereocenters. The quantitative estimate of drug-likeness (QED) is 0.823. The van der Waals surface area contributed by atoms with Gasteiger partial charge in [0.2, 0.25) is 0 Å². The van der Waals surface area contributed by atoms with Crippen molar-refractivity contribution in [3.8, 4) is 0 Å². The van der Waals surface area contributed by atoms with Gasteiger partial charge in [0.1, 0.15) is 0 Å². The summed E-state index contributed by atoms with van der Waals surface area (Å²) in [4.78, 5) is 4.73. The minimum absolute atomic E-state index is 0.561. The van der Waals surface area contributed by atoms with Gasteiger partial charge in [0.15, 0.2) is 0 Å². The van der Waals surface area contributed by atoms with Gasteiger partial charge in [0.05, 0.1) is 17.1 Å². The van der Waals surface area contributed by atoms with E-state index in [1.54, 1.807) is 7.11 Å². The molecule has 2 aromatic rings. The average Bonchev–Trinajstić information content (AvgIpc) is 2.30. The van der Waals surface area contributed by atoms with Gasteiger partial charge >= 0.3 is 0 Å². The molecule has 0 fully saturated rings. The summed E-state index contributed by atoms with van der Waals surface area (Å²) in [5, 5.41) is 1.77. The minimum Gasteiger partial charge on any atom is -0.380 e. The molecular formula is C15H18ClNO. The molecule has 1 aromatic heterocycles. The molecule has 0 bridgehead atoms. The van der Waals surface area contributed by atoms with Crippen LogP contribution < -0.4 is 0 Å². The van der Waals surface area contributed by atoms with Crippen LogP contribution in [0.4, 0.5) is 0 Å². The summed E-state index contributed by atoms with van der Waals surface area (Å²) in [6, 6.07) is 8.00. The van der Waals surface area contributed by atoms with Gasteiger partial charge < -0.3 is 4.74 Å². The number of aromatic nitrogens is 1. The van der Waals surface area contributed by atoms with Gasteiger partial charge in [-0.1, -0.05) is 43.6 Å². The van der Waals surface area contributed by atoms with Crippen LogP contribution in [0.1, 0.15) is 25.1 Å². The lowest BCUT2D eigenvalue weighted by Crippen LogP contribution is -2.00. The Balaban J connectivity index is 2.56. The van der Waals surface area contributed by atoms with Crippen molar-refractivity contribution in [2.24, 2.45) is 5.92 Å². The van der Waals surface area contributed by atoms with Crippen molar-refractivity contribution in [1.29, 1.82) is 0 Å². The SMILES string of the molecule is COCc1cccc2c(Cl)cc(CC(C)C)nc12. The predicted octanol–water partition coefficient (Wildman–Crippen LogP) is 4.23. The van der Waals surface area contributed by atoms with Crippen molar-refractivity contribution in [2.45, 2.75) is 26.9 Å². The lowest BCUT2D eigenvalue weighted by molar-refractivity contribution is 0.186. The fourth-order valence-corrected chi connectivity index (χ4v) is 2.39. The molecule has 2 nitrogen and oxygen atoms in total. The summed E-state index contributed by atoms with van der Waals surface area (Å²) in [5.41, 5.74) is 3.09. The first-order valence-electron chi connectivity index (χ1n) is 6.17. The minimum atomic E-state index is 0.561. The average molecular weight is 264 g/mol. The third-order valence-corrected chi connectivity index (χ3v) is 3.16. The van der Waals surface area contributed by atoms with Crippen LogP contribution >= 0.6 is 11.6 Å². The lowest BCUT2D eigenvalue weighted by atomic mass is 10.0. The molecule has 96 valence electrons. The zero-order valence-corrected chi connectivity index (χ0v) is 11.8. The fourth-order valence-electron chi connectivity index (χ4n) is 2.11. The second kappa shape index (κ2) is 5.68. The molecule has 0 unspecified atom stereocenters. The van der Waals surface area contributed by atoms with Crippen LogP contribution in [-0.4, -0.2) is 12.1 Å². The zero-order valence-electron chi connectivity index (χ0n) is 11.0. The summed E-state index contributed by atoms with van der Waals surface area (Å²) < 4.78 is 5.21. The summed E-state index contributed by atoms with van der Waals surface area (Å²) in [6.07, 6.45) is 0.941. The highest BCUT2D eigenvalue weighted by atomic mass is 35.5. The van der Waals surface area contributed by atoms with Gasteiger partial charge in [-0.3, -0.25) is 4.98 Å². The first kappa shape index (κ1) is 13.3. The van der Waals surface area contributed by atoms with Crippen molar-refractivity contribution in [2.75, 3.05) is 7.11 Å². The molecule has 0 spiro atoms. The Bertz CT molecular complexity index is 551. The molecule has 0 saturated carbocycles. The molecule has 0 radical (unpaired) electrons. The second-order valence-corrected chi connectivity index (χ2v) is 5.35. The molecule has 2 rings (SSSR count). The molecule has 0 N–H and O–H groups in total. The summed E-state index contributed by atoms with van der Waals surface area (Å²) in [7, 11) is 1.69. The molecule has 0 aliphatic heterocycles. The van der Waals surface area contributed by atoms with Crippen LogP contribution in [0.3, 0.4) is 0 Å².